The molecule has 3 aromatic rings. The Balaban J connectivity index is 1.90. The van der Waals surface area contributed by atoms with Gasteiger partial charge in [-0.1, -0.05) is 30.3 Å². The molecule has 0 amide bonds. The highest BCUT2D eigenvalue weighted by Gasteiger charge is 2.30. The minimum atomic E-state index is -1.05. The fourth-order valence-corrected chi connectivity index (χ4v) is 3.22. The summed E-state index contributed by atoms with van der Waals surface area (Å²) in [7, 11) is 2.89. The summed E-state index contributed by atoms with van der Waals surface area (Å²) in [4.78, 5) is 12.7. The standard InChI is InChI=1S/C26H26O8/c1-31-21-5-3-4-6-22(21)33-24(16-27)26(18-10-13-20(29)23(15-18)32-2)34-25(30)14-9-17-7-11-19(28)12-8-17/h3-15,24,26-29H,16H2,1-2H3/b14-9+/t24-,26-/m1/s1. The largest absolute Gasteiger partial charge is 0.508 e. The van der Waals surface area contributed by atoms with Gasteiger partial charge in [0.05, 0.1) is 20.8 Å². The molecule has 0 aliphatic heterocycles. The average Bonchev–Trinajstić information content (AvgIpc) is 2.86. The lowest BCUT2D eigenvalue weighted by Gasteiger charge is -2.27. The normalized spacial score (nSPS) is 12.7. The van der Waals surface area contributed by atoms with Crippen LogP contribution in [0.5, 0.6) is 28.7 Å². The molecule has 0 aromatic heterocycles. The van der Waals surface area contributed by atoms with E-state index < -0.39 is 24.8 Å². The Morgan fingerprint density at radius 3 is 2.24 bits per heavy atom. The Morgan fingerprint density at radius 2 is 1.59 bits per heavy atom. The molecule has 8 heteroatoms. The second-order valence-electron chi connectivity index (χ2n) is 7.20. The maximum absolute atomic E-state index is 12.7. The van der Waals surface area contributed by atoms with Crippen LogP contribution in [0, 0.1) is 0 Å². The number of phenolic OH excluding ortho intramolecular Hbond substituents is 2. The molecule has 178 valence electrons. The van der Waals surface area contributed by atoms with Crippen molar-refractivity contribution in [2.75, 3.05) is 20.8 Å². The summed E-state index contributed by atoms with van der Waals surface area (Å²) < 4.78 is 22.1. The second kappa shape index (κ2) is 11.6. The van der Waals surface area contributed by atoms with Gasteiger partial charge < -0.3 is 34.3 Å². The van der Waals surface area contributed by atoms with E-state index >= 15 is 0 Å². The summed E-state index contributed by atoms with van der Waals surface area (Å²) in [6, 6.07) is 17.6. The summed E-state index contributed by atoms with van der Waals surface area (Å²) in [5.74, 6) is 0.312. The summed E-state index contributed by atoms with van der Waals surface area (Å²) in [5, 5.41) is 29.5. The van der Waals surface area contributed by atoms with E-state index in [9.17, 15) is 20.1 Å². The van der Waals surface area contributed by atoms with E-state index in [4.69, 9.17) is 18.9 Å². The lowest BCUT2D eigenvalue weighted by Crippen LogP contribution is -2.32. The molecule has 0 bridgehead atoms. The van der Waals surface area contributed by atoms with Gasteiger partial charge >= 0.3 is 5.97 Å². The number of carbonyl (C=O) groups is 1. The molecule has 2 atom stereocenters. The lowest BCUT2D eigenvalue weighted by molar-refractivity contribution is -0.149. The number of aliphatic hydroxyl groups is 1. The Labute approximate surface area is 197 Å². The fraction of sp³-hybridized carbons (Fsp3) is 0.192. The number of phenols is 2. The van der Waals surface area contributed by atoms with Crippen molar-refractivity contribution in [2.24, 2.45) is 0 Å². The van der Waals surface area contributed by atoms with Gasteiger partial charge in [0.15, 0.2) is 35.2 Å². The minimum absolute atomic E-state index is 0.0882. The van der Waals surface area contributed by atoms with Crippen LogP contribution in [0.3, 0.4) is 0 Å². The summed E-state index contributed by atoms with van der Waals surface area (Å²) in [6.07, 6.45) is 0.706. The maximum atomic E-state index is 12.7. The van der Waals surface area contributed by atoms with Gasteiger partial charge in [0.2, 0.25) is 0 Å². The maximum Gasteiger partial charge on any atom is 0.331 e. The molecule has 0 aliphatic carbocycles. The van der Waals surface area contributed by atoms with Crippen molar-refractivity contribution in [1.82, 2.24) is 0 Å². The van der Waals surface area contributed by atoms with E-state index in [1.165, 1.54) is 50.6 Å². The Bertz CT molecular complexity index is 1120. The number of rotatable bonds is 10. The van der Waals surface area contributed by atoms with Gasteiger partial charge in [-0.05, 0) is 48.0 Å². The van der Waals surface area contributed by atoms with E-state index in [1.54, 1.807) is 42.5 Å². The molecule has 0 heterocycles. The van der Waals surface area contributed by atoms with E-state index in [0.717, 1.165) is 0 Å². The first-order chi connectivity index (χ1) is 16.4. The number of benzene rings is 3. The highest BCUT2D eigenvalue weighted by molar-refractivity contribution is 5.87. The minimum Gasteiger partial charge on any atom is -0.508 e. The second-order valence-corrected chi connectivity index (χ2v) is 7.20. The number of methoxy groups -OCH3 is 2. The fourth-order valence-electron chi connectivity index (χ4n) is 3.22. The summed E-state index contributed by atoms with van der Waals surface area (Å²) in [5.41, 5.74) is 1.12. The first kappa shape index (κ1) is 24.5. The van der Waals surface area contributed by atoms with Crippen molar-refractivity contribution in [3.05, 3.63) is 83.9 Å². The zero-order valence-electron chi connectivity index (χ0n) is 18.8. The van der Waals surface area contributed by atoms with Crippen molar-refractivity contribution < 1.29 is 39.1 Å². The smallest absolute Gasteiger partial charge is 0.331 e. The Kier molecular flexibility index (Phi) is 8.37. The molecule has 8 nitrogen and oxygen atoms in total. The van der Waals surface area contributed by atoms with Crippen LogP contribution in [-0.2, 0) is 9.53 Å². The van der Waals surface area contributed by atoms with E-state index in [2.05, 4.69) is 0 Å². The highest BCUT2D eigenvalue weighted by Crippen LogP contribution is 2.35. The van der Waals surface area contributed by atoms with Crippen LogP contribution in [-0.4, -0.2) is 48.2 Å². The lowest BCUT2D eigenvalue weighted by atomic mass is 10.0. The van der Waals surface area contributed by atoms with Crippen LogP contribution in [0.2, 0.25) is 0 Å². The predicted molar refractivity (Wildman–Crippen MR) is 125 cm³/mol. The number of hydrogen-bond acceptors (Lipinski definition) is 8. The van der Waals surface area contributed by atoms with Crippen molar-refractivity contribution >= 4 is 12.0 Å². The number of aliphatic hydroxyl groups excluding tert-OH is 1. The first-order valence-corrected chi connectivity index (χ1v) is 10.4. The monoisotopic (exact) mass is 466 g/mol. The predicted octanol–water partition coefficient (Wildman–Crippen LogP) is 3.85. The Hall–Kier alpha value is -4.17. The van der Waals surface area contributed by atoms with Crippen LogP contribution in [0.1, 0.15) is 17.2 Å². The van der Waals surface area contributed by atoms with Gasteiger partial charge in [-0.15, -0.1) is 0 Å². The molecule has 0 fully saturated rings. The zero-order chi connectivity index (χ0) is 24.5. The number of ether oxygens (including phenoxy) is 4. The van der Waals surface area contributed by atoms with Gasteiger partial charge in [-0.3, -0.25) is 0 Å². The number of para-hydroxylation sites is 2. The molecule has 34 heavy (non-hydrogen) atoms. The molecule has 3 aromatic carbocycles. The van der Waals surface area contributed by atoms with Gasteiger partial charge in [0.25, 0.3) is 0 Å². The van der Waals surface area contributed by atoms with E-state index in [1.807, 2.05) is 0 Å². The number of esters is 1. The van der Waals surface area contributed by atoms with Crippen LogP contribution in [0.25, 0.3) is 6.08 Å². The van der Waals surface area contributed by atoms with Gasteiger partial charge in [-0.2, -0.15) is 0 Å². The van der Waals surface area contributed by atoms with Gasteiger partial charge in [-0.25, -0.2) is 4.79 Å². The summed E-state index contributed by atoms with van der Waals surface area (Å²) in [6.45, 7) is -0.485. The molecular weight excluding hydrogens is 440 g/mol. The van der Waals surface area contributed by atoms with Gasteiger partial charge in [0.1, 0.15) is 5.75 Å². The molecule has 0 unspecified atom stereocenters. The van der Waals surface area contributed by atoms with E-state index in [0.29, 0.717) is 22.6 Å². The molecule has 0 saturated carbocycles. The highest BCUT2D eigenvalue weighted by atomic mass is 16.6. The third-order valence-electron chi connectivity index (χ3n) is 4.95. The third-order valence-corrected chi connectivity index (χ3v) is 4.95. The quantitative estimate of drug-likeness (QED) is 0.305. The van der Waals surface area contributed by atoms with Crippen molar-refractivity contribution in [3.63, 3.8) is 0 Å². The molecule has 0 spiro atoms. The third kappa shape index (κ3) is 6.20. The first-order valence-electron chi connectivity index (χ1n) is 10.4. The van der Waals surface area contributed by atoms with Crippen LogP contribution < -0.4 is 14.2 Å². The number of aromatic hydroxyl groups is 2. The topological polar surface area (TPSA) is 115 Å². The molecule has 0 saturated heterocycles. The molecule has 0 aliphatic rings. The SMILES string of the molecule is COc1cc([C@@H](OC(=O)/C=C/c2ccc(O)cc2)[C@@H](CO)Oc2ccccc2OC)ccc1O. The van der Waals surface area contributed by atoms with Crippen molar-refractivity contribution in [1.29, 1.82) is 0 Å². The van der Waals surface area contributed by atoms with Crippen LogP contribution >= 0.6 is 0 Å². The zero-order valence-corrected chi connectivity index (χ0v) is 18.8. The molecular formula is C26H26O8. The van der Waals surface area contributed by atoms with Crippen molar-refractivity contribution in [3.8, 4) is 28.7 Å². The number of carbonyl (C=O) groups excluding carboxylic acids is 1. The Morgan fingerprint density at radius 1 is 0.912 bits per heavy atom. The van der Waals surface area contributed by atoms with Crippen LogP contribution in [0.15, 0.2) is 72.8 Å². The van der Waals surface area contributed by atoms with Gasteiger partial charge in [0, 0.05) is 11.6 Å². The molecule has 3 N–H and O–H groups in total. The molecule has 0 radical (unpaired) electrons. The van der Waals surface area contributed by atoms with Crippen molar-refractivity contribution in [2.45, 2.75) is 12.2 Å². The van der Waals surface area contributed by atoms with E-state index in [-0.39, 0.29) is 17.2 Å². The average molecular weight is 466 g/mol. The summed E-state index contributed by atoms with van der Waals surface area (Å²) >= 11 is 0. The molecule has 3 rings (SSSR count). The van der Waals surface area contributed by atoms with Crippen LogP contribution in [0.4, 0.5) is 0 Å². The number of hydrogen-bond donors (Lipinski definition) is 3.